The zero-order valence-electron chi connectivity index (χ0n) is 50.3. The third-order valence-corrected chi connectivity index (χ3v) is 16.5. The Kier molecular flexibility index (Phi) is 44.2. The van der Waals surface area contributed by atoms with Crippen LogP contribution in [0.5, 0.6) is 0 Å². The van der Waals surface area contributed by atoms with Crippen LogP contribution in [0.3, 0.4) is 0 Å². The molecule has 4 aliphatic rings. The topological polar surface area (TPSA) is 153 Å². The Morgan fingerprint density at radius 3 is 0.683 bits per heavy atom. The Morgan fingerprint density at radius 2 is 0.476 bits per heavy atom. The van der Waals surface area contributed by atoms with E-state index in [9.17, 15) is 38.4 Å². The van der Waals surface area contributed by atoms with Crippen LogP contribution in [0.2, 0.25) is 0 Å². The summed E-state index contributed by atoms with van der Waals surface area (Å²) in [6, 6.07) is 2.73. The van der Waals surface area contributed by atoms with E-state index in [0.29, 0.717) is 0 Å². The molecule has 2 fully saturated rings. The van der Waals surface area contributed by atoms with Crippen LogP contribution in [-0.2, 0) is 32.3 Å². The van der Waals surface area contributed by atoms with E-state index in [0.717, 1.165) is 51.4 Å². The summed E-state index contributed by atoms with van der Waals surface area (Å²) in [7, 11) is 0. The number of benzene rings is 1. The van der Waals surface area contributed by atoms with Gasteiger partial charge in [0.25, 0.3) is 45.9 Å². The highest BCUT2D eigenvalue weighted by Crippen LogP contribution is 2.34. The van der Waals surface area contributed by atoms with Crippen LogP contribution >= 0.6 is 0 Å². The highest BCUT2D eigenvalue weighted by Gasteiger charge is 2.35. The summed E-state index contributed by atoms with van der Waals surface area (Å²) in [5.41, 5.74) is -2.10. The molecule has 470 valence electrons. The molecule has 0 bridgehead atoms. The van der Waals surface area contributed by atoms with Gasteiger partial charge in [-0.2, -0.15) is 0 Å². The van der Waals surface area contributed by atoms with Crippen LogP contribution in [0.1, 0.15) is 291 Å². The van der Waals surface area contributed by atoms with Crippen molar-refractivity contribution in [1.82, 2.24) is 18.9 Å². The van der Waals surface area contributed by atoms with Gasteiger partial charge in [-0.1, -0.05) is 265 Å². The van der Waals surface area contributed by atoms with E-state index in [-0.39, 0.29) is 125 Å². The lowest BCUT2D eigenvalue weighted by atomic mass is 9.78. The number of hydrogen-bond donors (Lipinski definition) is 0. The first-order chi connectivity index (χ1) is 37.8. The molecule has 12 heteroatoms. The molecule has 3 aromatic rings. The van der Waals surface area contributed by atoms with Crippen molar-refractivity contribution in [3.63, 3.8) is 0 Å². The molecular formula is C70H122N4O8. The number of hydrogen-bond acceptors (Lipinski definition) is 8. The van der Waals surface area contributed by atoms with Crippen LogP contribution in [0.4, 0.5) is 0 Å². The third-order valence-electron chi connectivity index (χ3n) is 16.5. The van der Waals surface area contributed by atoms with E-state index < -0.39 is 22.2 Å². The maximum Gasteiger partial charge on any atom is 0.261 e. The van der Waals surface area contributed by atoms with Gasteiger partial charge in [-0.05, 0) is 61.5 Å². The standard InChI is InChI=1S/C34H34N4O8.2C9H20.2C7H16.4CH4/c39-27-9-10-28(40)35(27)15-19-5-1-3-7-21(19)17-37-31(43)23-13-25-26(14-24(23)32(37)44)34(46)38(33(25)45)18-22-8-4-2-6-20(22)16-36-29(41)11-12-30(36)42;2*1-3-5-7-9-8-6-4-2;2*1-3-5-7-6-4-2;;;;/h9-14,19-22H,1-8,15-18H2;2*3-9H2,1-2H3;2*3-7H2,1-2H3;4*1H4. The second-order valence-electron chi connectivity index (χ2n) is 22.9. The fourth-order valence-electron chi connectivity index (χ4n) is 11.5. The quantitative estimate of drug-likeness (QED) is 0.0514. The minimum Gasteiger partial charge on any atom is -0.275 e. The minimum atomic E-state index is -0.526. The van der Waals surface area contributed by atoms with Gasteiger partial charge in [-0.3, -0.25) is 57.3 Å². The van der Waals surface area contributed by atoms with Gasteiger partial charge in [0.05, 0.1) is 21.5 Å². The highest BCUT2D eigenvalue weighted by molar-refractivity contribution is 6.13. The molecule has 7 rings (SSSR count). The summed E-state index contributed by atoms with van der Waals surface area (Å²) in [5, 5.41) is 0.342. The van der Waals surface area contributed by atoms with Crippen molar-refractivity contribution >= 4 is 45.2 Å². The zero-order valence-corrected chi connectivity index (χ0v) is 50.3. The maximum atomic E-state index is 13.6. The molecule has 2 aliphatic carbocycles. The van der Waals surface area contributed by atoms with Crippen molar-refractivity contribution in [3.8, 4) is 0 Å². The summed E-state index contributed by atoms with van der Waals surface area (Å²) in [6.45, 7) is 18.7. The van der Waals surface area contributed by atoms with Crippen LogP contribution < -0.4 is 22.2 Å². The van der Waals surface area contributed by atoms with E-state index in [1.54, 1.807) is 0 Å². The van der Waals surface area contributed by atoms with E-state index in [1.165, 1.54) is 209 Å². The first-order valence-electron chi connectivity index (χ1n) is 31.8. The molecule has 4 amide bonds. The summed E-state index contributed by atoms with van der Waals surface area (Å²) in [6.07, 6.45) is 45.6. The monoisotopic (exact) mass is 1150 g/mol. The van der Waals surface area contributed by atoms with Gasteiger partial charge in [0.15, 0.2) is 0 Å². The SMILES string of the molecule is C.C.C.C.CCCCCCC.CCCCCCC.CCCCCCCCC.CCCCCCCCC.O=C1C=CC(=O)N1CC1CCCCC1Cn1c(=O)c2cc3c(=O)n(CC4CCCCC4CN4C(=O)C=CC4=O)c(=O)c3cc2c1=O. The predicted octanol–water partition coefficient (Wildman–Crippen LogP) is 17.4. The molecular weight excluding hydrogens is 1020 g/mol. The van der Waals surface area contributed by atoms with E-state index >= 15 is 0 Å². The number of amides is 4. The molecule has 2 aliphatic heterocycles. The first kappa shape index (κ1) is 79.3. The van der Waals surface area contributed by atoms with Gasteiger partial charge >= 0.3 is 0 Å². The Labute approximate surface area is 499 Å². The predicted molar refractivity (Wildman–Crippen MR) is 351 cm³/mol. The maximum absolute atomic E-state index is 13.6. The second-order valence-corrected chi connectivity index (χ2v) is 22.9. The normalized spacial score (nSPS) is 18.0. The molecule has 0 spiro atoms. The van der Waals surface area contributed by atoms with E-state index in [4.69, 9.17) is 0 Å². The molecule has 0 N–H and O–H groups in total. The fourth-order valence-corrected chi connectivity index (χ4v) is 11.5. The van der Waals surface area contributed by atoms with Crippen molar-refractivity contribution in [1.29, 1.82) is 0 Å². The number of imide groups is 2. The Morgan fingerprint density at radius 1 is 0.293 bits per heavy atom. The van der Waals surface area contributed by atoms with Crippen LogP contribution in [0, 0.1) is 23.7 Å². The first-order valence-corrected chi connectivity index (χ1v) is 31.8. The average molecular weight is 1150 g/mol. The third kappa shape index (κ3) is 25.6. The number of aromatic nitrogens is 2. The van der Waals surface area contributed by atoms with Gasteiger partial charge in [-0.15, -0.1) is 0 Å². The summed E-state index contributed by atoms with van der Waals surface area (Å²) in [4.78, 5) is 105. The molecule has 0 radical (unpaired) electrons. The number of rotatable bonds is 28. The zero-order chi connectivity index (χ0) is 57.2. The molecule has 2 aromatic heterocycles. The van der Waals surface area contributed by atoms with Gasteiger partial charge in [-0.25, -0.2) is 0 Å². The van der Waals surface area contributed by atoms with Crippen LogP contribution in [0.15, 0.2) is 55.6 Å². The lowest BCUT2D eigenvalue weighted by Gasteiger charge is -2.33. The van der Waals surface area contributed by atoms with Crippen molar-refractivity contribution in [2.75, 3.05) is 13.1 Å². The summed E-state index contributed by atoms with van der Waals surface area (Å²) >= 11 is 0. The minimum absolute atomic E-state index is 0. The highest BCUT2D eigenvalue weighted by atomic mass is 16.2. The molecule has 1 aromatic carbocycles. The molecule has 0 saturated heterocycles. The average Bonchev–Trinajstić information content (AvgIpc) is 4.28. The molecule has 2 saturated carbocycles. The summed E-state index contributed by atoms with van der Waals surface area (Å²) < 4.78 is 2.34. The smallest absolute Gasteiger partial charge is 0.261 e. The number of carbonyl (C=O) groups excluding carboxylic acids is 4. The van der Waals surface area contributed by atoms with Crippen LogP contribution in [-0.4, -0.2) is 55.7 Å². The largest absolute Gasteiger partial charge is 0.275 e. The second kappa shape index (κ2) is 45.7. The van der Waals surface area contributed by atoms with Gasteiger partial charge in [0.2, 0.25) is 0 Å². The summed E-state index contributed by atoms with van der Waals surface area (Å²) in [5.74, 6) is -1.77. The van der Waals surface area contributed by atoms with Gasteiger partial charge in [0.1, 0.15) is 0 Å². The molecule has 82 heavy (non-hydrogen) atoms. The molecule has 12 nitrogen and oxygen atoms in total. The lowest BCUT2D eigenvalue weighted by Crippen LogP contribution is -2.41. The Hall–Kier alpha value is -4.74. The molecule has 4 heterocycles. The number of fused-ring (bicyclic) bond motifs is 2. The fraction of sp³-hybridized carbons (Fsp3) is 0.743. The molecule has 4 unspecified atom stereocenters. The van der Waals surface area contributed by atoms with Crippen molar-refractivity contribution in [2.45, 2.75) is 304 Å². The van der Waals surface area contributed by atoms with Gasteiger partial charge in [0, 0.05) is 50.5 Å². The van der Waals surface area contributed by atoms with Gasteiger partial charge < -0.3 is 0 Å². The van der Waals surface area contributed by atoms with E-state index in [1.807, 2.05) is 0 Å². The lowest BCUT2D eigenvalue weighted by molar-refractivity contribution is -0.139. The molecule has 4 atom stereocenters. The van der Waals surface area contributed by atoms with Crippen molar-refractivity contribution < 1.29 is 19.2 Å². The number of nitrogens with zero attached hydrogens (tertiary/aromatic N) is 4. The van der Waals surface area contributed by atoms with Crippen molar-refractivity contribution in [2.24, 2.45) is 23.7 Å². The Balaban J connectivity index is 0. The van der Waals surface area contributed by atoms with Crippen molar-refractivity contribution in [3.05, 3.63) is 77.9 Å². The van der Waals surface area contributed by atoms with Crippen LogP contribution in [0.25, 0.3) is 21.5 Å². The van der Waals surface area contributed by atoms with E-state index in [2.05, 4.69) is 55.4 Å². The number of carbonyl (C=O) groups is 4. The number of unbranched alkanes of at least 4 members (excludes halogenated alkanes) is 20. The Bertz CT molecular complexity index is 2210.